The monoisotopic (exact) mass is 235 g/mol. The van der Waals surface area contributed by atoms with Crippen LogP contribution in [0.2, 0.25) is 0 Å². The van der Waals surface area contributed by atoms with Crippen LogP contribution in [0, 0.1) is 11.3 Å². The Balaban J connectivity index is 3.00. The molecule has 0 aliphatic heterocycles. The van der Waals surface area contributed by atoms with Gasteiger partial charge in [-0.25, -0.2) is 0 Å². The fourth-order valence-electron chi connectivity index (χ4n) is 1.46. The molecule has 0 saturated heterocycles. The lowest BCUT2D eigenvalue weighted by molar-refractivity contribution is -0.142. The lowest BCUT2D eigenvalue weighted by atomic mass is 10.0. The molecule has 0 radical (unpaired) electrons. The Hall–Kier alpha value is -2.06. The van der Waals surface area contributed by atoms with Crippen molar-refractivity contribution in [3.05, 3.63) is 28.8 Å². The summed E-state index contributed by atoms with van der Waals surface area (Å²) in [6, 6.07) is 4.67. The van der Waals surface area contributed by atoms with Gasteiger partial charge >= 0.3 is 5.97 Å². The molecule has 0 unspecified atom stereocenters. The smallest absolute Gasteiger partial charge is 0.310 e. The van der Waals surface area contributed by atoms with Gasteiger partial charge in [0.2, 0.25) is 0 Å². The van der Waals surface area contributed by atoms with Crippen LogP contribution >= 0.6 is 0 Å². The Labute approximate surface area is 98.9 Å². The van der Waals surface area contributed by atoms with Crippen LogP contribution in [0.15, 0.2) is 12.1 Å². The molecule has 0 spiro atoms. The Morgan fingerprint density at radius 3 is 2.76 bits per heavy atom. The van der Waals surface area contributed by atoms with E-state index in [9.17, 15) is 9.90 Å². The van der Waals surface area contributed by atoms with Gasteiger partial charge in [-0.05, 0) is 24.6 Å². The largest absolute Gasteiger partial charge is 0.508 e. The number of phenols is 1. The Kier molecular flexibility index (Phi) is 4.49. The average Bonchev–Trinajstić information content (AvgIpc) is 2.28. The fraction of sp³-hybridized carbons (Fsp3) is 0.333. The maximum absolute atomic E-state index is 11.2. The molecule has 5 heteroatoms. The lowest BCUT2D eigenvalue weighted by Crippen LogP contribution is -2.08. The summed E-state index contributed by atoms with van der Waals surface area (Å²) in [7, 11) is 0. The van der Waals surface area contributed by atoms with E-state index < -0.39 is 12.6 Å². The van der Waals surface area contributed by atoms with Crippen molar-refractivity contribution in [2.24, 2.45) is 0 Å². The zero-order valence-electron chi connectivity index (χ0n) is 9.43. The highest BCUT2D eigenvalue weighted by atomic mass is 16.5. The van der Waals surface area contributed by atoms with Crippen LogP contribution in [0.4, 0.5) is 0 Å². The highest BCUT2D eigenvalue weighted by Crippen LogP contribution is 2.23. The van der Waals surface area contributed by atoms with Crippen molar-refractivity contribution in [3.63, 3.8) is 0 Å². The second-order valence-corrected chi connectivity index (χ2v) is 3.39. The van der Waals surface area contributed by atoms with Crippen molar-refractivity contribution in [1.82, 2.24) is 0 Å². The molecule has 0 amide bonds. The summed E-state index contributed by atoms with van der Waals surface area (Å²) in [4.78, 5) is 11.2. The molecule has 5 nitrogen and oxygen atoms in total. The predicted molar refractivity (Wildman–Crippen MR) is 59.1 cm³/mol. The van der Waals surface area contributed by atoms with E-state index in [2.05, 4.69) is 0 Å². The van der Waals surface area contributed by atoms with E-state index in [1.807, 2.05) is 6.07 Å². The Morgan fingerprint density at radius 1 is 1.53 bits per heavy atom. The number of benzene rings is 1. The minimum atomic E-state index is -0.424. The number of aliphatic hydroxyl groups is 1. The topological polar surface area (TPSA) is 90.6 Å². The van der Waals surface area contributed by atoms with Crippen LogP contribution in [-0.2, 0) is 22.6 Å². The SMILES string of the molecule is CCOC(=O)Cc1cc(O)c(CO)c(C#N)c1. The molecule has 17 heavy (non-hydrogen) atoms. The number of ether oxygens (including phenoxy) is 1. The van der Waals surface area contributed by atoms with E-state index >= 15 is 0 Å². The number of carbonyl (C=O) groups excluding carboxylic acids is 1. The first-order valence-corrected chi connectivity index (χ1v) is 5.13. The van der Waals surface area contributed by atoms with Crippen LogP contribution in [0.1, 0.15) is 23.6 Å². The molecule has 1 aromatic rings. The standard InChI is InChI=1S/C12H13NO4/c1-2-17-12(16)5-8-3-9(6-13)10(7-14)11(15)4-8/h3-4,14-15H,2,5,7H2,1H3. The summed E-state index contributed by atoms with van der Waals surface area (Å²) >= 11 is 0. The minimum Gasteiger partial charge on any atom is -0.508 e. The molecule has 0 bridgehead atoms. The second-order valence-electron chi connectivity index (χ2n) is 3.39. The molecule has 2 N–H and O–H groups in total. The van der Waals surface area contributed by atoms with Gasteiger partial charge in [-0.2, -0.15) is 5.26 Å². The van der Waals surface area contributed by atoms with Crippen molar-refractivity contribution in [3.8, 4) is 11.8 Å². The van der Waals surface area contributed by atoms with E-state index in [0.29, 0.717) is 5.56 Å². The van der Waals surface area contributed by atoms with Crippen molar-refractivity contribution in [2.45, 2.75) is 20.0 Å². The molecule has 0 fully saturated rings. The van der Waals surface area contributed by atoms with Crippen molar-refractivity contribution in [2.75, 3.05) is 6.61 Å². The zero-order chi connectivity index (χ0) is 12.8. The molecular formula is C12H13NO4. The van der Waals surface area contributed by atoms with E-state index in [4.69, 9.17) is 15.1 Å². The highest BCUT2D eigenvalue weighted by Gasteiger charge is 2.12. The van der Waals surface area contributed by atoms with Gasteiger partial charge in [0, 0.05) is 5.56 Å². The molecule has 1 rings (SSSR count). The number of hydrogen-bond donors (Lipinski definition) is 2. The van der Waals surface area contributed by atoms with E-state index in [1.54, 1.807) is 6.92 Å². The molecule has 0 heterocycles. The van der Waals surface area contributed by atoms with Crippen molar-refractivity contribution < 1.29 is 19.7 Å². The number of esters is 1. The maximum Gasteiger partial charge on any atom is 0.310 e. The summed E-state index contributed by atoms with van der Waals surface area (Å²) in [6.45, 7) is 1.56. The number of nitrogens with zero attached hydrogens (tertiary/aromatic N) is 1. The van der Waals surface area contributed by atoms with Crippen molar-refractivity contribution >= 4 is 5.97 Å². The fourth-order valence-corrected chi connectivity index (χ4v) is 1.46. The van der Waals surface area contributed by atoms with E-state index in [-0.39, 0.29) is 29.9 Å². The first-order chi connectivity index (χ1) is 8.12. The molecule has 0 aliphatic rings. The van der Waals surface area contributed by atoms with E-state index in [1.165, 1.54) is 12.1 Å². The maximum atomic E-state index is 11.2. The summed E-state index contributed by atoms with van der Waals surface area (Å²) in [5.74, 6) is -0.613. The number of nitriles is 1. The Bertz CT molecular complexity index is 462. The van der Waals surface area contributed by atoms with Gasteiger partial charge < -0.3 is 14.9 Å². The van der Waals surface area contributed by atoms with Crippen molar-refractivity contribution in [1.29, 1.82) is 5.26 Å². The third-order valence-electron chi connectivity index (χ3n) is 2.22. The van der Waals surface area contributed by atoms with Gasteiger partial charge in [0.25, 0.3) is 0 Å². The summed E-state index contributed by atoms with van der Waals surface area (Å²) in [5, 5.41) is 27.4. The number of rotatable bonds is 4. The molecule has 90 valence electrons. The first-order valence-electron chi connectivity index (χ1n) is 5.13. The molecule has 1 aromatic carbocycles. The number of aromatic hydroxyl groups is 1. The van der Waals surface area contributed by atoms with Crippen LogP contribution in [0.25, 0.3) is 0 Å². The van der Waals surface area contributed by atoms with Crippen LogP contribution in [-0.4, -0.2) is 22.8 Å². The van der Waals surface area contributed by atoms with Gasteiger partial charge in [0.05, 0.1) is 31.3 Å². The number of aliphatic hydroxyl groups excluding tert-OH is 1. The number of carbonyl (C=O) groups is 1. The quantitative estimate of drug-likeness (QED) is 0.755. The first kappa shape index (κ1) is 13.0. The minimum absolute atomic E-state index is 0.0121. The third-order valence-corrected chi connectivity index (χ3v) is 2.22. The molecular weight excluding hydrogens is 222 g/mol. The highest BCUT2D eigenvalue weighted by molar-refractivity contribution is 5.73. The third kappa shape index (κ3) is 3.20. The number of hydrogen-bond acceptors (Lipinski definition) is 5. The summed E-state index contributed by atoms with van der Waals surface area (Å²) in [5.41, 5.74) is 0.807. The van der Waals surface area contributed by atoms with Gasteiger partial charge in [-0.3, -0.25) is 4.79 Å². The van der Waals surface area contributed by atoms with Crippen LogP contribution in [0.3, 0.4) is 0 Å². The average molecular weight is 235 g/mol. The van der Waals surface area contributed by atoms with Gasteiger partial charge in [-0.1, -0.05) is 0 Å². The molecule has 0 saturated carbocycles. The van der Waals surface area contributed by atoms with Gasteiger partial charge in [0.15, 0.2) is 0 Å². The Morgan fingerprint density at radius 2 is 2.24 bits per heavy atom. The predicted octanol–water partition coefficient (Wildman–Crippen LogP) is 0.862. The molecule has 0 atom stereocenters. The van der Waals surface area contributed by atoms with Crippen LogP contribution in [0.5, 0.6) is 5.75 Å². The summed E-state index contributed by atoms with van der Waals surface area (Å²) < 4.78 is 4.76. The van der Waals surface area contributed by atoms with Crippen LogP contribution < -0.4 is 0 Å². The second kappa shape index (κ2) is 5.87. The van der Waals surface area contributed by atoms with Gasteiger partial charge in [0.1, 0.15) is 5.75 Å². The summed E-state index contributed by atoms with van der Waals surface area (Å²) in [6.07, 6.45) is -0.0121. The molecule has 0 aromatic heterocycles. The van der Waals surface area contributed by atoms with Gasteiger partial charge in [-0.15, -0.1) is 0 Å². The lowest BCUT2D eigenvalue weighted by Gasteiger charge is -2.07. The van der Waals surface area contributed by atoms with E-state index in [0.717, 1.165) is 0 Å². The normalized spacial score (nSPS) is 9.71. The zero-order valence-corrected chi connectivity index (χ0v) is 9.43. The molecule has 0 aliphatic carbocycles.